The van der Waals surface area contributed by atoms with Crippen LogP contribution in [0.4, 0.5) is 0 Å². The van der Waals surface area contributed by atoms with E-state index in [0.29, 0.717) is 10.9 Å². The van der Waals surface area contributed by atoms with Crippen LogP contribution in [-0.4, -0.2) is 36.1 Å². The van der Waals surface area contributed by atoms with Gasteiger partial charge < -0.3 is 14.6 Å². The maximum Gasteiger partial charge on any atom is 0.198 e. The second kappa shape index (κ2) is 6.22. The lowest BCUT2D eigenvalue weighted by atomic mass is 10.0. The van der Waals surface area contributed by atoms with Gasteiger partial charge in [-0.2, -0.15) is 0 Å². The number of nitrogens with one attached hydrogen (secondary N) is 1. The normalized spacial score (nSPS) is 11.1. The van der Waals surface area contributed by atoms with Crippen molar-refractivity contribution >= 4 is 10.9 Å². The van der Waals surface area contributed by atoms with E-state index >= 15 is 0 Å². The fourth-order valence-electron chi connectivity index (χ4n) is 2.69. The molecule has 2 aromatic heterocycles. The van der Waals surface area contributed by atoms with E-state index in [1.807, 2.05) is 32.3 Å². The smallest absolute Gasteiger partial charge is 0.198 e. The summed E-state index contributed by atoms with van der Waals surface area (Å²) in [6, 6.07) is 7.61. The van der Waals surface area contributed by atoms with Gasteiger partial charge in [-0.15, -0.1) is 0 Å². The summed E-state index contributed by atoms with van der Waals surface area (Å²) >= 11 is 0. The van der Waals surface area contributed by atoms with Gasteiger partial charge in [0.25, 0.3) is 0 Å². The van der Waals surface area contributed by atoms with Gasteiger partial charge in [0.1, 0.15) is 5.75 Å². The molecule has 3 aromatic rings. The molecule has 0 fully saturated rings. The van der Waals surface area contributed by atoms with Gasteiger partial charge in [-0.3, -0.25) is 9.78 Å². The van der Waals surface area contributed by atoms with Crippen molar-refractivity contribution < 1.29 is 4.74 Å². The number of methoxy groups -OCH3 is 1. The fourth-order valence-corrected chi connectivity index (χ4v) is 2.69. The Labute approximate surface area is 134 Å². The molecule has 0 amide bonds. The van der Waals surface area contributed by atoms with Crippen LogP contribution in [0.3, 0.4) is 0 Å². The summed E-state index contributed by atoms with van der Waals surface area (Å²) in [7, 11) is 5.66. The van der Waals surface area contributed by atoms with E-state index in [1.165, 1.54) is 0 Å². The van der Waals surface area contributed by atoms with E-state index in [9.17, 15) is 4.79 Å². The quantitative estimate of drug-likeness (QED) is 0.805. The fraction of sp³-hybridized carbons (Fsp3) is 0.222. The number of pyridine rings is 2. The number of rotatable bonds is 4. The zero-order chi connectivity index (χ0) is 16.4. The summed E-state index contributed by atoms with van der Waals surface area (Å²) in [4.78, 5) is 22.0. The van der Waals surface area contributed by atoms with Gasteiger partial charge >= 0.3 is 0 Å². The van der Waals surface area contributed by atoms with Gasteiger partial charge in [0, 0.05) is 36.3 Å². The second-order valence-electron chi connectivity index (χ2n) is 5.72. The van der Waals surface area contributed by atoms with Gasteiger partial charge in [-0.05, 0) is 37.9 Å². The Morgan fingerprint density at radius 2 is 2.09 bits per heavy atom. The molecule has 1 aromatic carbocycles. The molecule has 2 heterocycles. The molecule has 0 aliphatic carbocycles. The summed E-state index contributed by atoms with van der Waals surface area (Å²) in [6.07, 6.45) is 5.02. The van der Waals surface area contributed by atoms with Crippen molar-refractivity contribution in [3.8, 4) is 16.9 Å². The van der Waals surface area contributed by atoms with Gasteiger partial charge in [0.15, 0.2) is 5.43 Å². The third kappa shape index (κ3) is 2.96. The van der Waals surface area contributed by atoms with Gasteiger partial charge in [-0.25, -0.2) is 0 Å². The Bertz CT molecular complexity index is 900. The number of benzene rings is 1. The van der Waals surface area contributed by atoms with Crippen LogP contribution in [0, 0.1) is 0 Å². The largest absolute Gasteiger partial charge is 0.496 e. The maximum absolute atomic E-state index is 12.7. The van der Waals surface area contributed by atoms with E-state index in [0.717, 1.165) is 28.9 Å². The predicted octanol–water partition coefficient (Wildman–Crippen LogP) is 2.66. The molecule has 118 valence electrons. The molecule has 0 saturated carbocycles. The Hall–Kier alpha value is -2.66. The van der Waals surface area contributed by atoms with E-state index in [-0.39, 0.29) is 5.43 Å². The van der Waals surface area contributed by atoms with Gasteiger partial charge in [0.2, 0.25) is 0 Å². The first kappa shape index (κ1) is 15.2. The first-order valence-electron chi connectivity index (χ1n) is 7.37. The first-order chi connectivity index (χ1) is 11.1. The van der Waals surface area contributed by atoms with Crippen LogP contribution in [-0.2, 0) is 6.54 Å². The molecule has 0 saturated heterocycles. The average molecular weight is 309 g/mol. The number of hydrogen-bond acceptors (Lipinski definition) is 4. The van der Waals surface area contributed by atoms with E-state index in [1.54, 1.807) is 31.8 Å². The topological polar surface area (TPSA) is 58.2 Å². The zero-order valence-corrected chi connectivity index (χ0v) is 13.5. The highest BCUT2D eigenvalue weighted by Crippen LogP contribution is 2.26. The minimum atomic E-state index is -0.0205. The lowest BCUT2D eigenvalue weighted by Crippen LogP contribution is -2.12. The maximum atomic E-state index is 12.7. The zero-order valence-electron chi connectivity index (χ0n) is 13.5. The van der Waals surface area contributed by atoms with Crippen LogP contribution in [0.25, 0.3) is 22.0 Å². The van der Waals surface area contributed by atoms with Crippen LogP contribution in [0.1, 0.15) is 5.56 Å². The molecule has 0 bridgehead atoms. The molecule has 0 radical (unpaired) electrons. The third-order valence-electron chi connectivity index (χ3n) is 3.76. The second-order valence-corrected chi connectivity index (χ2v) is 5.72. The van der Waals surface area contributed by atoms with E-state index in [2.05, 4.69) is 14.9 Å². The number of nitrogens with zero attached hydrogens (tertiary/aromatic N) is 2. The lowest BCUT2D eigenvalue weighted by molar-refractivity contribution is 0.372. The van der Waals surface area contributed by atoms with Crippen molar-refractivity contribution in [3.63, 3.8) is 0 Å². The molecule has 0 aliphatic heterocycles. The minimum absolute atomic E-state index is 0.0205. The van der Waals surface area contributed by atoms with Crippen LogP contribution in [0.5, 0.6) is 5.75 Å². The van der Waals surface area contributed by atoms with Crippen LogP contribution in [0.2, 0.25) is 0 Å². The number of fused-ring (bicyclic) bond motifs is 1. The van der Waals surface area contributed by atoms with Crippen molar-refractivity contribution in [1.29, 1.82) is 0 Å². The molecule has 1 N–H and O–H groups in total. The predicted molar refractivity (Wildman–Crippen MR) is 91.7 cm³/mol. The summed E-state index contributed by atoms with van der Waals surface area (Å²) in [5.41, 5.74) is 3.31. The molecule has 23 heavy (non-hydrogen) atoms. The van der Waals surface area contributed by atoms with E-state index in [4.69, 9.17) is 4.74 Å². The van der Waals surface area contributed by atoms with E-state index < -0.39 is 0 Å². The molecule has 0 aliphatic rings. The molecular weight excluding hydrogens is 290 g/mol. The molecule has 0 atom stereocenters. The number of ether oxygens (including phenoxy) is 1. The molecular formula is C18H19N3O2. The van der Waals surface area contributed by atoms with Crippen LogP contribution >= 0.6 is 0 Å². The summed E-state index contributed by atoms with van der Waals surface area (Å²) in [6.45, 7) is 0.740. The molecule has 0 unspecified atom stereocenters. The van der Waals surface area contributed by atoms with Crippen LogP contribution < -0.4 is 10.2 Å². The molecule has 3 rings (SSSR count). The highest BCUT2D eigenvalue weighted by Gasteiger charge is 2.11. The minimum Gasteiger partial charge on any atom is -0.496 e. The number of H-pyrrole nitrogens is 1. The lowest BCUT2D eigenvalue weighted by Gasteiger charge is -2.15. The Balaban J connectivity index is 2.15. The summed E-state index contributed by atoms with van der Waals surface area (Å²) in [5.74, 6) is 0.821. The van der Waals surface area contributed by atoms with Gasteiger partial charge in [-0.1, -0.05) is 6.07 Å². The number of aromatic nitrogens is 2. The first-order valence-corrected chi connectivity index (χ1v) is 7.37. The van der Waals surface area contributed by atoms with Crippen molar-refractivity contribution in [2.75, 3.05) is 21.2 Å². The average Bonchev–Trinajstić information content (AvgIpc) is 2.55. The molecule has 5 heteroatoms. The van der Waals surface area contributed by atoms with Crippen LogP contribution in [0.15, 0.2) is 47.7 Å². The Morgan fingerprint density at radius 3 is 2.83 bits per heavy atom. The van der Waals surface area contributed by atoms with Crippen molar-refractivity contribution in [2.24, 2.45) is 0 Å². The SMILES string of the molecule is COc1ccc(-c2c[nH]c3ccncc3c2=O)cc1CN(C)C. The summed E-state index contributed by atoms with van der Waals surface area (Å²) in [5, 5.41) is 0.593. The highest BCUT2D eigenvalue weighted by molar-refractivity contribution is 5.82. The van der Waals surface area contributed by atoms with Crippen molar-refractivity contribution in [1.82, 2.24) is 14.9 Å². The number of aromatic amines is 1. The summed E-state index contributed by atoms with van der Waals surface area (Å²) < 4.78 is 5.41. The molecule has 0 spiro atoms. The Kier molecular flexibility index (Phi) is 4.12. The van der Waals surface area contributed by atoms with Gasteiger partial charge in [0.05, 0.1) is 18.0 Å². The van der Waals surface area contributed by atoms with Crippen molar-refractivity contribution in [2.45, 2.75) is 6.54 Å². The standard InChI is InChI=1S/C18H19N3O2/c1-21(2)11-13-8-12(4-5-17(13)23-3)14-10-20-16-6-7-19-9-15(16)18(14)22/h4-10H,11H2,1-3H3,(H,20,22). The number of hydrogen-bond donors (Lipinski definition) is 1. The Morgan fingerprint density at radius 1 is 1.26 bits per heavy atom. The third-order valence-corrected chi connectivity index (χ3v) is 3.76. The van der Waals surface area contributed by atoms with Crippen molar-refractivity contribution in [3.05, 3.63) is 58.6 Å². The monoisotopic (exact) mass is 309 g/mol. The highest BCUT2D eigenvalue weighted by atomic mass is 16.5. The molecule has 5 nitrogen and oxygen atoms in total.